The number of nitrogens with zero attached hydrogens (tertiary/aromatic N) is 3. The highest BCUT2D eigenvalue weighted by molar-refractivity contribution is 6.18. The fraction of sp³-hybridized carbons (Fsp3) is 0.714. The zero-order valence-electron chi connectivity index (χ0n) is 11.7. The third kappa shape index (κ3) is 3.30. The normalized spacial score (nSPS) is 16.6. The summed E-state index contributed by atoms with van der Waals surface area (Å²) in [6.07, 6.45) is 7.71. The topological polar surface area (TPSA) is 38.1 Å². The lowest BCUT2D eigenvalue weighted by Gasteiger charge is -2.34. The Hall–Kier alpha value is -1.03. The second kappa shape index (κ2) is 6.42. The lowest BCUT2D eigenvalue weighted by molar-refractivity contribution is 0.0649. The first kappa shape index (κ1) is 14.4. The molecule has 0 bridgehead atoms. The minimum absolute atomic E-state index is 0.0816. The van der Waals surface area contributed by atoms with Crippen molar-refractivity contribution in [2.75, 3.05) is 12.4 Å². The molecule has 1 aliphatic rings. The summed E-state index contributed by atoms with van der Waals surface area (Å²) in [6.45, 7) is 2.51. The van der Waals surface area contributed by atoms with Gasteiger partial charge in [0.25, 0.3) is 5.91 Å². The first-order valence-electron chi connectivity index (χ1n) is 7.00. The van der Waals surface area contributed by atoms with Crippen LogP contribution in [0.15, 0.2) is 6.20 Å². The molecule has 4 nitrogen and oxygen atoms in total. The smallest absolute Gasteiger partial charge is 0.257 e. The Kier molecular flexibility index (Phi) is 4.86. The van der Waals surface area contributed by atoms with Crippen molar-refractivity contribution in [3.8, 4) is 0 Å². The Morgan fingerprint density at radius 1 is 1.47 bits per heavy atom. The highest BCUT2D eigenvalue weighted by Gasteiger charge is 2.27. The number of halogens is 1. The number of hydrogen-bond acceptors (Lipinski definition) is 2. The minimum Gasteiger partial charge on any atom is -0.334 e. The zero-order valence-corrected chi connectivity index (χ0v) is 12.5. The van der Waals surface area contributed by atoms with Crippen molar-refractivity contribution >= 4 is 17.5 Å². The van der Waals surface area contributed by atoms with Gasteiger partial charge in [0, 0.05) is 31.7 Å². The van der Waals surface area contributed by atoms with Gasteiger partial charge in [-0.15, -0.1) is 11.6 Å². The highest BCUT2D eigenvalue weighted by atomic mass is 35.5. The summed E-state index contributed by atoms with van der Waals surface area (Å²) in [6, 6.07) is 0.347. The molecule has 0 aromatic carbocycles. The van der Waals surface area contributed by atoms with Gasteiger partial charge in [-0.25, -0.2) is 0 Å². The molecule has 2 rings (SSSR count). The Bertz CT molecular complexity index is 438. The summed E-state index contributed by atoms with van der Waals surface area (Å²) >= 11 is 5.88. The van der Waals surface area contributed by atoms with Gasteiger partial charge < -0.3 is 4.90 Å². The number of aryl methyl sites for hydroxylation is 2. The van der Waals surface area contributed by atoms with Crippen LogP contribution in [-0.2, 0) is 7.05 Å². The molecule has 1 aromatic rings. The van der Waals surface area contributed by atoms with E-state index in [9.17, 15) is 4.79 Å². The molecule has 0 aliphatic heterocycles. The minimum atomic E-state index is 0.0816. The molecule has 0 spiro atoms. The van der Waals surface area contributed by atoms with Crippen LogP contribution in [0, 0.1) is 6.92 Å². The number of amides is 1. The predicted molar refractivity (Wildman–Crippen MR) is 76.6 cm³/mol. The van der Waals surface area contributed by atoms with Crippen LogP contribution in [0.2, 0.25) is 0 Å². The molecule has 1 aliphatic carbocycles. The molecule has 0 N–H and O–H groups in total. The van der Waals surface area contributed by atoms with E-state index in [0.29, 0.717) is 24.0 Å². The summed E-state index contributed by atoms with van der Waals surface area (Å²) in [7, 11) is 1.84. The maximum atomic E-state index is 12.7. The monoisotopic (exact) mass is 283 g/mol. The number of aromatic nitrogens is 2. The molecular weight excluding hydrogens is 262 g/mol. The van der Waals surface area contributed by atoms with E-state index in [4.69, 9.17) is 11.6 Å². The Morgan fingerprint density at radius 3 is 2.68 bits per heavy atom. The standard InChI is InChI=1S/C14H22ClN3O/c1-11-13(10-17(2)16-11)14(19)18(9-8-15)12-6-4-3-5-7-12/h10,12H,3-9H2,1-2H3. The molecule has 0 atom stereocenters. The number of carbonyl (C=O) groups is 1. The van der Waals surface area contributed by atoms with Gasteiger partial charge in [-0.1, -0.05) is 19.3 Å². The Morgan fingerprint density at radius 2 is 2.16 bits per heavy atom. The molecule has 1 fully saturated rings. The van der Waals surface area contributed by atoms with Crippen molar-refractivity contribution in [2.24, 2.45) is 7.05 Å². The van der Waals surface area contributed by atoms with Gasteiger partial charge in [-0.05, 0) is 19.8 Å². The van der Waals surface area contributed by atoms with Gasteiger partial charge in [0.05, 0.1) is 11.3 Å². The van der Waals surface area contributed by atoms with Crippen LogP contribution in [0.25, 0.3) is 0 Å². The molecule has 5 heteroatoms. The van der Waals surface area contributed by atoms with Crippen LogP contribution >= 0.6 is 11.6 Å². The van der Waals surface area contributed by atoms with Crippen LogP contribution in [0.5, 0.6) is 0 Å². The number of carbonyl (C=O) groups excluding carboxylic acids is 1. The lowest BCUT2D eigenvalue weighted by Crippen LogP contribution is -2.42. The summed E-state index contributed by atoms with van der Waals surface area (Å²) in [5.74, 6) is 0.569. The van der Waals surface area contributed by atoms with E-state index < -0.39 is 0 Å². The maximum absolute atomic E-state index is 12.7. The van der Waals surface area contributed by atoms with Crippen molar-refractivity contribution in [3.63, 3.8) is 0 Å². The molecule has 1 saturated carbocycles. The van der Waals surface area contributed by atoms with Gasteiger partial charge in [-0.2, -0.15) is 5.10 Å². The molecule has 0 radical (unpaired) electrons. The molecule has 0 saturated heterocycles. The first-order chi connectivity index (χ1) is 9.13. The number of rotatable bonds is 4. The molecule has 19 heavy (non-hydrogen) atoms. The fourth-order valence-corrected chi connectivity index (χ4v) is 3.08. The number of alkyl halides is 1. The van der Waals surface area contributed by atoms with Crippen LogP contribution in [0.1, 0.15) is 48.2 Å². The van der Waals surface area contributed by atoms with Crippen LogP contribution < -0.4 is 0 Å². The summed E-state index contributed by atoms with van der Waals surface area (Å²) < 4.78 is 1.70. The van der Waals surface area contributed by atoms with Gasteiger partial charge in [0.2, 0.25) is 0 Å². The third-order valence-electron chi connectivity index (χ3n) is 3.85. The summed E-state index contributed by atoms with van der Waals surface area (Å²) in [4.78, 5) is 14.6. The second-order valence-corrected chi connectivity index (χ2v) is 5.66. The second-order valence-electron chi connectivity index (χ2n) is 5.28. The van der Waals surface area contributed by atoms with Crippen LogP contribution in [0.3, 0.4) is 0 Å². The molecule has 1 amide bonds. The molecule has 106 valence electrons. The van der Waals surface area contributed by atoms with E-state index in [-0.39, 0.29) is 5.91 Å². The summed E-state index contributed by atoms with van der Waals surface area (Å²) in [5.41, 5.74) is 1.50. The van der Waals surface area contributed by atoms with E-state index in [1.54, 1.807) is 4.68 Å². The molecule has 1 heterocycles. The van der Waals surface area contributed by atoms with Crippen LogP contribution in [0.4, 0.5) is 0 Å². The first-order valence-corrected chi connectivity index (χ1v) is 7.54. The van der Waals surface area contributed by atoms with Crippen LogP contribution in [-0.4, -0.2) is 39.1 Å². The van der Waals surface area contributed by atoms with E-state index in [2.05, 4.69) is 5.10 Å². The highest BCUT2D eigenvalue weighted by Crippen LogP contribution is 2.24. The quantitative estimate of drug-likeness (QED) is 0.797. The third-order valence-corrected chi connectivity index (χ3v) is 4.01. The van der Waals surface area contributed by atoms with Crippen molar-refractivity contribution in [1.82, 2.24) is 14.7 Å². The van der Waals surface area contributed by atoms with Crippen molar-refractivity contribution in [3.05, 3.63) is 17.5 Å². The Labute approximate surface area is 119 Å². The largest absolute Gasteiger partial charge is 0.334 e. The zero-order chi connectivity index (χ0) is 13.8. The van der Waals surface area contributed by atoms with E-state index >= 15 is 0 Å². The van der Waals surface area contributed by atoms with Crippen molar-refractivity contribution in [2.45, 2.75) is 45.1 Å². The van der Waals surface area contributed by atoms with Gasteiger partial charge in [0.1, 0.15) is 0 Å². The molecular formula is C14H22ClN3O. The lowest BCUT2D eigenvalue weighted by atomic mass is 9.93. The Balaban J connectivity index is 2.17. The summed E-state index contributed by atoms with van der Waals surface area (Å²) in [5, 5.41) is 4.26. The maximum Gasteiger partial charge on any atom is 0.257 e. The fourth-order valence-electron chi connectivity index (χ4n) is 2.90. The van der Waals surface area contributed by atoms with Gasteiger partial charge in [0.15, 0.2) is 0 Å². The average molecular weight is 284 g/mol. The SMILES string of the molecule is Cc1nn(C)cc1C(=O)N(CCCl)C1CCCCC1. The van der Waals surface area contributed by atoms with Gasteiger partial charge >= 0.3 is 0 Å². The molecule has 1 aromatic heterocycles. The number of hydrogen-bond donors (Lipinski definition) is 0. The van der Waals surface area contributed by atoms with E-state index in [1.165, 1.54) is 19.3 Å². The van der Waals surface area contributed by atoms with Gasteiger partial charge in [-0.3, -0.25) is 9.48 Å². The van der Waals surface area contributed by atoms with Crippen molar-refractivity contribution < 1.29 is 4.79 Å². The van der Waals surface area contributed by atoms with Crippen molar-refractivity contribution in [1.29, 1.82) is 0 Å². The molecule has 0 unspecified atom stereocenters. The predicted octanol–water partition coefficient (Wildman–Crippen LogP) is 2.74. The van der Waals surface area contributed by atoms with E-state index in [0.717, 1.165) is 18.5 Å². The average Bonchev–Trinajstić information content (AvgIpc) is 2.75. The van der Waals surface area contributed by atoms with E-state index in [1.807, 2.05) is 25.1 Å².